The molecule has 32 heavy (non-hydrogen) atoms. The summed E-state index contributed by atoms with van der Waals surface area (Å²) in [6.07, 6.45) is 2.80. The maximum Gasteiger partial charge on any atom is 0.199 e. The zero-order chi connectivity index (χ0) is 21.8. The third kappa shape index (κ3) is 4.72. The second kappa shape index (κ2) is 9.60. The van der Waals surface area contributed by atoms with Crippen molar-refractivity contribution in [1.29, 1.82) is 0 Å². The molecule has 0 aliphatic carbocycles. The Morgan fingerprint density at radius 1 is 0.906 bits per heavy atom. The van der Waals surface area contributed by atoms with Crippen LogP contribution in [0.1, 0.15) is 25.0 Å². The molecular weight excluding hydrogens is 422 g/mol. The summed E-state index contributed by atoms with van der Waals surface area (Å²) < 4.78 is 17.9. The summed E-state index contributed by atoms with van der Waals surface area (Å²) in [7, 11) is 0. The van der Waals surface area contributed by atoms with E-state index in [1.54, 1.807) is 0 Å². The van der Waals surface area contributed by atoms with Crippen molar-refractivity contribution in [3.05, 3.63) is 89.6 Å². The number of para-hydroxylation sites is 2. The molecular formula is C27H24ClNO3. The van der Waals surface area contributed by atoms with E-state index >= 15 is 0 Å². The lowest BCUT2D eigenvalue weighted by Gasteiger charge is -2.25. The first-order valence-corrected chi connectivity index (χ1v) is 11.3. The minimum atomic E-state index is -0.251. The minimum Gasteiger partial charge on any atom is -0.487 e. The molecule has 1 aliphatic rings. The second-order valence-electron chi connectivity index (χ2n) is 7.84. The maximum atomic E-state index is 6.48. The molecule has 0 saturated carbocycles. The van der Waals surface area contributed by atoms with Crippen molar-refractivity contribution in [2.45, 2.75) is 32.2 Å². The highest BCUT2D eigenvalue weighted by Crippen LogP contribution is 2.38. The fourth-order valence-electron chi connectivity index (χ4n) is 3.87. The quantitative estimate of drug-likeness (QED) is 0.319. The Balaban J connectivity index is 1.30. The van der Waals surface area contributed by atoms with Gasteiger partial charge < -0.3 is 14.2 Å². The fourth-order valence-corrected chi connectivity index (χ4v) is 4.09. The summed E-state index contributed by atoms with van der Waals surface area (Å²) in [5, 5.41) is 1.71. The molecule has 4 nitrogen and oxygen atoms in total. The molecule has 0 spiro atoms. The van der Waals surface area contributed by atoms with E-state index in [1.807, 2.05) is 66.7 Å². The molecule has 4 aromatic rings. The molecule has 1 fully saturated rings. The average molecular weight is 446 g/mol. The Kier molecular flexibility index (Phi) is 6.24. The van der Waals surface area contributed by atoms with E-state index in [2.05, 4.69) is 17.1 Å². The van der Waals surface area contributed by atoms with E-state index in [-0.39, 0.29) is 6.29 Å². The highest BCUT2D eigenvalue weighted by atomic mass is 35.5. The molecule has 0 bridgehead atoms. The van der Waals surface area contributed by atoms with E-state index in [0.29, 0.717) is 17.4 Å². The van der Waals surface area contributed by atoms with Gasteiger partial charge in [-0.05, 0) is 48.7 Å². The van der Waals surface area contributed by atoms with Crippen LogP contribution in [0.3, 0.4) is 0 Å². The molecule has 1 atom stereocenters. The van der Waals surface area contributed by atoms with Crippen LogP contribution in [-0.4, -0.2) is 17.9 Å². The van der Waals surface area contributed by atoms with Gasteiger partial charge in [-0.2, -0.15) is 0 Å². The third-order valence-corrected chi connectivity index (χ3v) is 5.86. The van der Waals surface area contributed by atoms with Gasteiger partial charge in [0.2, 0.25) is 0 Å². The van der Waals surface area contributed by atoms with Gasteiger partial charge in [-0.15, -0.1) is 0 Å². The number of hydrogen-bond donors (Lipinski definition) is 0. The zero-order valence-electron chi connectivity index (χ0n) is 17.7. The predicted octanol–water partition coefficient (Wildman–Crippen LogP) is 7.04. The predicted molar refractivity (Wildman–Crippen MR) is 127 cm³/mol. The molecule has 3 aromatic carbocycles. The van der Waals surface area contributed by atoms with Crippen LogP contribution in [0.25, 0.3) is 22.0 Å². The van der Waals surface area contributed by atoms with Crippen LogP contribution in [0.5, 0.6) is 11.5 Å². The number of rotatable bonds is 6. The van der Waals surface area contributed by atoms with Gasteiger partial charge in [0.1, 0.15) is 18.1 Å². The number of hydrogen-bond acceptors (Lipinski definition) is 4. The molecule has 1 saturated heterocycles. The van der Waals surface area contributed by atoms with Gasteiger partial charge in [-0.1, -0.05) is 60.1 Å². The van der Waals surface area contributed by atoms with Crippen molar-refractivity contribution >= 4 is 22.5 Å². The second-order valence-corrected chi connectivity index (χ2v) is 8.25. The van der Waals surface area contributed by atoms with Gasteiger partial charge in [0.25, 0.3) is 0 Å². The molecule has 5 rings (SSSR count). The lowest BCUT2D eigenvalue weighted by Crippen LogP contribution is -2.25. The first-order chi connectivity index (χ1) is 15.8. The summed E-state index contributed by atoms with van der Waals surface area (Å²) in [4.78, 5) is 4.66. The van der Waals surface area contributed by atoms with Crippen LogP contribution in [0, 0.1) is 0 Å². The summed E-state index contributed by atoms with van der Waals surface area (Å²) in [5.74, 6) is 1.44. The Labute approximate surface area is 192 Å². The van der Waals surface area contributed by atoms with E-state index in [9.17, 15) is 0 Å². The lowest BCUT2D eigenvalue weighted by molar-refractivity contribution is -0.105. The van der Waals surface area contributed by atoms with E-state index in [1.165, 1.54) is 0 Å². The Morgan fingerprint density at radius 3 is 2.62 bits per heavy atom. The van der Waals surface area contributed by atoms with Crippen molar-refractivity contribution in [2.75, 3.05) is 6.61 Å². The standard InChI is InChI=1S/C27H24ClNO3/c28-24-8-5-7-23(27(24)32-26-10-3-4-17-30-26)19-12-15-22(16-13-19)31-18-21-14-11-20-6-1-2-9-25(20)29-21/h1-2,5-9,11-16,26H,3-4,10,17-18H2. The van der Waals surface area contributed by atoms with Crippen LogP contribution in [-0.2, 0) is 11.3 Å². The van der Waals surface area contributed by atoms with E-state index in [0.717, 1.165) is 59.3 Å². The van der Waals surface area contributed by atoms with E-state index < -0.39 is 0 Å². The molecule has 1 unspecified atom stereocenters. The van der Waals surface area contributed by atoms with Crippen LogP contribution in [0.15, 0.2) is 78.9 Å². The van der Waals surface area contributed by atoms with Crippen LogP contribution in [0.2, 0.25) is 5.02 Å². The van der Waals surface area contributed by atoms with E-state index in [4.69, 9.17) is 25.8 Å². The van der Waals surface area contributed by atoms with Crippen molar-refractivity contribution in [1.82, 2.24) is 4.98 Å². The van der Waals surface area contributed by atoms with Crippen molar-refractivity contribution in [3.8, 4) is 22.6 Å². The van der Waals surface area contributed by atoms with Gasteiger partial charge >= 0.3 is 0 Å². The smallest absolute Gasteiger partial charge is 0.199 e. The number of benzene rings is 3. The first kappa shape index (κ1) is 20.8. The number of ether oxygens (including phenoxy) is 3. The Morgan fingerprint density at radius 2 is 1.78 bits per heavy atom. The summed E-state index contributed by atoms with van der Waals surface area (Å²) in [5.41, 5.74) is 3.81. The monoisotopic (exact) mass is 445 g/mol. The van der Waals surface area contributed by atoms with Crippen LogP contribution >= 0.6 is 11.6 Å². The van der Waals surface area contributed by atoms with Crippen molar-refractivity contribution in [3.63, 3.8) is 0 Å². The normalized spacial score (nSPS) is 16.1. The van der Waals surface area contributed by atoms with Crippen molar-refractivity contribution in [2.24, 2.45) is 0 Å². The highest BCUT2D eigenvalue weighted by Gasteiger charge is 2.19. The van der Waals surface area contributed by atoms with Gasteiger partial charge in [0, 0.05) is 17.4 Å². The topological polar surface area (TPSA) is 40.6 Å². The SMILES string of the molecule is Clc1cccc(-c2ccc(OCc3ccc4ccccc4n3)cc2)c1OC1CCCCO1. The van der Waals surface area contributed by atoms with Gasteiger partial charge in [0.05, 0.1) is 22.8 Å². The number of aromatic nitrogens is 1. The van der Waals surface area contributed by atoms with Crippen LogP contribution < -0.4 is 9.47 Å². The number of fused-ring (bicyclic) bond motifs is 1. The zero-order valence-corrected chi connectivity index (χ0v) is 18.4. The van der Waals surface area contributed by atoms with Gasteiger partial charge in [-0.3, -0.25) is 0 Å². The molecule has 0 N–H and O–H groups in total. The average Bonchev–Trinajstić information content (AvgIpc) is 2.85. The summed E-state index contributed by atoms with van der Waals surface area (Å²) in [6.45, 7) is 1.14. The molecule has 1 aliphatic heterocycles. The van der Waals surface area contributed by atoms with Crippen LogP contribution in [0.4, 0.5) is 0 Å². The summed E-state index contributed by atoms with van der Waals surface area (Å²) in [6, 6.07) is 25.9. The molecule has 5 heteroatoms. The Bertz CT molecular complexity index is 1200. The van der Waals surface area contributed by atoms with Gasteiger partial charge in [-0.25, -0.2) is 4.98 Å². The summed E-state index contributed by atoms with van der Waals surface area (Å²) >= 11 is 6.48. The lowest BCUT2D eigenvalue weighted by atomic mass is 10.0. The number of pyridine rings is 1. The Hall–Kier alpha value is -3.08. The maximum absolute atomic E-state index is 6.48. The molecule has 1 aromatic heterocycles. The minimum absolute atomic E-state index is 0.251. The third-order valence-electron chi connectivity index (χ3n) is 5.56. The fraction of sp³-hybridized carbons (Fsp3) is 0.222. The molecule has 2 heterocycles. The number of halogens is 1. The molecule has 0 radical (unpaired) electrons. The first-order valence-electron chi connectivity index (χ1n) is 10.9. The molecule has 162 valence electrons. The van der Waals surface area contributed by atoms with Crippen molar-refractivity contribution < 1.29 is 14.2 Å². The molecule has 0 amide bonds. The van der Waals surface area contributed by atoms with Gasteiger partial charge in [0.15, 0.2) is 6.29 Å². The number of nitrogens with zero attached hydrogens (tertiary/aromatic N) is 1. The largest absolute Gasteiger partial charge is 0.487 e. The highest BCUT2D eigenvalue weighted by molar-refractivity contribution is 6.32.